The normalized spacial score (nSPS) is 19.1. The van der Waals surface area contributed by atoms with E-state index in [0.29, 0.717) is 23.3 Å². The number of nitrogens with zero attached hydrogens (tertiary/aromatic N) is 4. The SMILES string of the molecule is NC1=CC(N)=NN(SSN2N=C(N)C=C(N)N2)N1. The molecule has 2 rings (SSSR count). The summed E-state index contributed by atoms with van der Waals surface area (Å²) in [7, 11) is 2.37. The van der Waals surface area contributed by atoms with Crippen molar-refractivity contribution in [2.24, 2.45) is 33.1 Å². The van der Waals surface area contributed by atoms with Gasteiger partial charge in [0.2, 0.25) is 0 Å². The molecule has 2 aliphatic rings. The van der Waals surface area contributed by atoms with Crippen LogP contribution in [0.25, 0.3) is 0 Å². The predicted molar refractivity (Wildman–Crippen MR) is 72.9 cm³/mol. The number of rotatable bonds is 3. The Morgan fingerprint density at radius 1 is 0.833 bits per heavy atom. The summed E-state index contributed by atoms with van der Waals surface area (Å²) in [5, 5.41) is 7.95. The molecule has 0 fully saturated rings. The predicted octanol–water partition coefficient (Wildman–Crippen LogP) is -2.02. The second-order valence-electron chi connectivity index (χ2n) is 3.17. The zero-order chi connectivity index (χ0) is 13.1. The zero-order valence-corrected chi connectivity index (χ0v) is 10.7. The summed E-state index contributed by atoms with van der Waals surface area (Å²) in [6.45, 7) is 0. The lowest BCUT2D eigenvalue weighted by Gasteiger charge is -2.26. The van der Waals surface area contributed by atoms with Crippen LogP contribution in [0.1, 0.15) is 0 Å². The molecule has 0 spiro atoms. The van der Waals surface area contributed by atoms with Gasteiger partial charge in [0, 0.05) is 12.2 Å². The van der Waals surface area contributed by atoms with Crippen molar-refractivity contribution in [3.63, 3.8) is 0 Å². The van der Waals surface area contributed by atoms with Gasteiger partial charge in [-0.3, -0.25) is 10.9 Å². The lowest BCUT2D eigenvalue weighted by atomic mass is 10.5. The quantitative estimate of drug-likeness (QED) is 0.253. The number of hydrazine groups is 2. The van der Waals surface area contributed by atoms with Gasteiger partial charge in [-0.1, -0.05) is 0 Å². The summed E-state index contributed by atoms with van der Waals surface area (Å²) in [6.07, 6.45) is 3.02. The fourth-order valence-corrected chi connectivity index (χ4v) is 2.52. The van der Waals surface area contributed by atoms with E-state index in [0.717, 1.165) is 0 Å². The lowest BCUT2D eigenvalue weighted by Crippen LogP contribution is -2.39. The second-order valence-corrected chi connectivity index (χ2v) is 5.05. The highest BCUT2D eigenvalue weighted by molar-refractivity contribution is 8.74. The maximum Gasteiger partial charge on any atom is 0.150 e. The summed E-state index contributed by atoms with van der Waals surface area (Å²) in [5.74, 6) is 1.39. The van der Waals surface area contributed by atoms with Gasteiger partial charge in [0.25, 0.3) is 0 Å². The van der Waals surface area contributed by atoms with Crippen LogP contribution in [-0.2, 0) is 0 Å². The summed E-state index contributed by atoms with van der Waals surface area (Å²) >= 11 is 0. The fourth-order valence-electron chi connectivity index (χ4n) is 1.06. The molecule has 0 unspecified atom stereocenters. The molecular weight excluding hydrogens is 276 g/mol. The van der Waals surface area contributed by atoms with E-state index in [-0.39, 0.29) is 0 Å². The molecule has 2 aliphatic heterocycles. The highest BCUT2D eigenvalue weighted by Crippen LogP contribution is 2.29. The molecule has 12 heteroatoms. The van der Waals surface area contributed by atoms with Gasteiger partial charge in [-0.2, -0.15) is 0 Å². The van der Waals surface area contributed by atoms with Crippen LogP contribution in [0.15, 0.2) is 34.0 Å². The van der Waals surface area contributed by atoms with E-state index in [4.69, 9.17) is 22.9 Å². The third kappa shape index (κ3) is 3.21. The van der Waals surface area contributed by atoms with E-state index in [9.17, 15) is 0 Å². The Morgan fingerprint density at radius 3 is 1.56 bits per heavy atom. The summed E-state index contributed by atoms with van der Waals surface area (Å²) < 4.78 is 2.77. The van der Waals surface area contributed by atoms with Crippen LogP contribution in [0, 0.1) is 0 Å². The van der Waals surface area contributed by atoms with Crippen molar-refractivity contribution in [2.45, 2.75) is 0 Å². The maximum absolute atomic E-state index is 5.59. The minimum Gasteiger partial charge on any atom is -0.384 e. The first-order chi connectivity index (χ1) is 8.52. The molecule has 0 radical (unpaired) electrons. The Labute approximate surface area is 111 Å². The summed E-state index contributed by atoms with van der Waals surface area (Å²) in [5.41, 5.74) is 27.8. The highest BCUT2D eigenvalue weighted by Gasteiger charge is 2.15. The molecule has 0 saturated heterocycles. The minimum atomic E-state index is 0.299. The van der Waals surface area contributed by atoms with Crippen LogP contribution < -0.4 is 33.8 Å². The molecule has 18 heavy (non-hydrogen) atoms. The van der Waals surface area contributed by atoms with E-state index >= 15 is 0 Å². The van der Waals surface area contributed by atoms with Gasteiger partial charge in [-0.25, -0.2) is 0 Å². The van der Waals surface area contributed by atoms with Crippen molar-refractivity contribution < 1.29 is 0 Å². The smallest absolute Gasteiger partial charge is 0.150 e. The van der Waals surface area contributed by atoms with Crippen LogP contribution in [-0.4, -0.2) is 20.7 Å². The van der Waals surface area contributed by atoms with E-state index in [1.165, 1.54) is 43.2 Å². The van der Waals surface area contributed by atoms with Gasteiger partial charge in [0.15, 0.2) is 0 Å². The molecule has 2 heterocycles. The number of hydrogen-bond donors (Lipinski definition) is 6. The Hall–Kier alpha value is -2.08. The summed E-state index contributed by atoms with van der Waals surface area (Å²) in [4.78, 5) is 0. The topological polar surface area (TPSA) is 159 Å². The van der Waals surface area contributed by atoms with E-state index in [1.54, 1.807) is 0 Å². The minimum absolute atomic E-state index is 0.299. The average molecular weight is 288 g/mol. The Balaban J connectivity index is 1.87. The number of hydrazone groups is 2. The summed E-state index contributed by atoms with van der Waals surface area (Å²) in [6, 6.07) is 0. The second kappa shape index (κ2) is 5.05. The van der Waals surface area contributed by atoms with Crippen molar-refractivity contribution >= 4 is 33.6 Å². The molecule has 10 N–H and O–H groups in total. The Kier molecular flexibility index (Phi) is 3.47. The van der Waals surface area contributed by atoms with Gasteiger partial charge in [-0.05, 0) is 0 Å². The molecule has 0 amide bonds. The molecule has 0 aliphatic carbocycles. The van der Waals surface area contributed by atoms with Crippen molar-refractivity contribution in [1.82, 2.24) is 19.9 Å². The van der Waals surface area contributed by atoms with E-state index in [2.05, 4.69) is 21.1 Å². The van der Waals surface area contributed by atoms with Crippen LogP contribution >= 0.6 is 22.0 Å². The van der Waals surface area contributed by atoms with Gasteiger partial charge in [0.05, 0.1) is 22.0 Å². The lowest BCUT2D eigenvalue weighted by molar-refractivity contribution is 0.400. The third-order valence-electron chi connectivity index (χ3n) is 1.64. The molecule has 0 saturated carbocycles. The molecular formula is C6H12N10S2. The first kappa shape index (κ1) is 12.4. The van der Waals surface area contributed by atoms with Crippen molar-refractivity contribution in [2.75, 3.05) is 0 Å². The van der Waals surface area contributed by atoms with Crippen LogP contribution in [0.3, 0.4) is 0 Å². The molecule has 0 atom stereocenters. The maximum atomic E-state index is 5.59. The van der Waals surface area contributed by atoms with Gasteiger partial charge < -0.3 is 22.9 Å². The third-order valence-corrected chi connectivity index (χ3v) is 3.39. The zero-order valence-electron chi connectivity index (χ0n) is 9.07. The molecule has 10 nitrogen and oxygen atoms in total. The first-order valence-electron chi connectivity index (χ1n) is 4.64. The van der Waals surface area contributed by atoms with Crippen LogP contribution in [0.5, 0.6) is 0 Å². The molecule has 0 aromatic heterocycles. The fraction of sp³-hybridized carbons (Fsp3) is 0. The van der Waals surface area contributed by atoms with Crippen molar-refractivity contribution in [3.05, 3.63) is 23.8 Å². The van der Waals surface area contributed by atoms with E-state index in [1.807, 2.05) is 0 Å². The Bertz CT molecular complexity index is 411. The monoisotopic (exact) mass is 288 g/mol. The number of nitrogens with two attached hydrogens (primary N) is 4. The molecule has 0 aromatic rings. The van der Waals surface area contributed by atoms with Gasteiger partial charge >= 0.3 is 0 Å². The van der Waals surface area contributed by atoms with Crippen molar-refractivity contribution in [1.29, 1.82) is 0 Å². The number of hydrogen-bond acceptors (Lipinski definition) is 12. The average Bonchev–Trinajstić information content (AvgIpc) is 2.23. The van der Waals surface area contributed by atoms with Crippen LogP contribution in [0.2, 0.25) is 0 Å². The first-order valence-corrected chi connectivity index (χ1v) is 6.70. The van der Waals surface area contributed by atoms with Gasteiger partial charge in [0.1, 0.15) is 23.3 Å². The van der Waals surface area contributed by atoms with Gasteiger partial charge in [-0.15, -0.1) is 19.2 Å². The molecule has 98 valence electrons. The Morgan fingerprint density at radius 2 is 1.22 bits per heavy atom. The molecule has 0 bridgehead atoms. The number of amidine groups is 2. The van der Waals surface area contributed by atoms with Crippen LogP contribution in [0.4, 0.5) is 0 Å². The number of nitrogens with one attached hydrogen (secondary N) is 2. The largest absolute Gasteiger partial charge is 0.384 e. The van der Waals surface area contributed by atoms with Crippen molar-refractivity contribution in [3.8, 4) is 0 Å². The highest BCUT2D eigenvalue weighted by atomic mass is 33.1. The molecule has 0 aromatic carbocycles. The van der Waals surface area contributed by atoms with E-state index < -0.39 is 0 Å². The standard InChI is InChI=1S/C6H12N10S2/c7-3-1-4(8)12-15(11-3)17-18-16-13-5(9)2-6(10)14-16/h1-2,11,13H,7,9H2,(H2,8,12)(H2,10,14).